The quantitative estimate of drug-likeness (QED) is 0.116. The van der Waals surface area contributed by atoms with Crippen molar-refractivity contribution in [2.45, 2.75) is 49.9 Å². The molecular formula is C44H45N5O6. The maximum atomic E-state index is 13.2. The standard InChI is InChI=1S/C44H45N5O6/c50-29-31-11-13-32(14-12-31)40-27-39(28-48-25-23-44(24-26-48)42(51)45-30-49(44)36-7-3-1-4-8-36)54-41(55-40)33-15-17-34(18-16-33)46-43(52)47-35-19-21-38(22-20-35)53-37-9-5-2-6-10-37/h1-22,39-41,50H,23-30H2,(H,45,51)(H2,46,47,52)/t39-,40+,41+/m0/s1. The fourth-order valence-corrected chi connectivity index (χ4v) is 7.71. The number of carbonyl (C=O) groups is 2. The molecule has 8 rings (SSSR count). The van der Waals surface area contributed by atoms with E-state index < -0.39 is 11.8 Å². The van der Waals surface area contributed by atoms with Gasteiger partial charge >= 0.3 is 6.03 Å². The topological polar surface area (TPSA) is 125 Å². The lowest BCUT2D eigenvalue weighted by Gasteiger charge is -2.45. The zero-order valence-corrected chi connectivity index (χ0v) is 30.5. The number of anilines is 3. The Balaban J connectivity index is 0.908. The number of nitrogens with zero attached hydrogens (tertiary/aromatic N) is 2. The SMILES string of the molecule is O=C(Nc1ccc(Oc2ccccc2)cc1)Nc1ccc([C@@H]2O[C@H](CN3CCC4(CC3)C(=O)NCN4c3ccccc3)C[C@H](c3ccc(CO)cc3)O2)cc1. The molecule has 3 atom stereocenters. The number of piperidine rings is 1. The summed E-state index contributed by atoms with van der Waals surface area (Å²) in [5.41, 5.74) is 4.45. The Morgan fingerprint density at radius 1 is 0.764 bits per heavy atom. The van der Waals surface area contributed by atoms with Gasteiger partial charge in [0.25, 0.3) is 0 Å². The van der Waals surface area contributed by atoms with Crippen LogP contribution in [0.15, 0.2) is 133 Å². The third kappa shape index (κ3) is 8.35. The number of aliphatic hydroxyl groups excluding tert-OH is 1. The lowest BCUT2D eigenvalue weighted by Crippen LogP contribution is -2.57. The molecule has 5 aromatic carbocycles. The molecule has 0 radical (unpaired) electrons. The number of benzene rings is 5. The van der Waals surface area contributed by atoms with E-state index in [1.54, 1.807) is 24.3 Å². The van der Waals surface area contributed by atoms with Crippen LogP contribution in [0, 0.1) is 0 Å². The van der Waals surface area contributed by atoms with Crippen molar-refractivity contribution in [3.05, 3.63) is 150 Å². The number of likely N-dealkylation sites (tertiary alicyclic amines) is 1. The Morgan fingerprint density at radius 3 is 2.02 bits per heavy atom. The smallest absolute Gasteiger partial charge is 0.323 e. The predicted octanol–water partition coefficient (Wildman–Crippen LogP) is 7.59. The molecule has 0 aliphatic carbocycles. The van der Waals surface area contributed by atoms with Crippen molar-refractivity contribution in [2.24, 2.45) is 0 Å². The first kappa shape index (κ1) is 36.3. The summed E-state index contributed by atoms with van der Waals surface area (Å²) >= 11 is 0. The zero-order valence-electron chi connectivity index (χ0n) is 30.5. The molecule has 0 saturated carbocycles. The summed E-state index contributed by atoms with van der Waals surface area (Å²) in [7, 11) is 0. The van der Waals surface area contributed by atoms with Crippen molar-refractivity contribution in [3.8, 4) is 11.5 Å². The number of para-hydroxylation sites is 2. The monoisotopic (exact) mass is 739 g/mol. The summed E-state index contributed by atoms with van der Waals surface area (Å²) in [5.74, 6) is 1.51. The van der Waals surface area contributed by atoms with E-state index in [0.717, 1.165) is 54.1 Å². The molecule has 282 valence electrons. The normalized spacial score (nSPS) is 20.9. The van der Waals surface area contributed by atoms with Gasteiger partial charge in [-0.1, -0.05) is 72.8 Å². The predicted molar refractivity (Wildman–Crippen MR) is 211 cm³/mol. The van der Waals surface area contributed by atoms with Crippen molar-refractivity contribution in [1.82, 2.24) is 10.2 Å². The van der Waals surface area contributed by atoms with Crippen LogP contribution in [0.2, 0.25) is 0 Å². The highest BCUT2D eigenvalue weighted by atomic mass is 16.7. The van der Waals surface area contributed by atoms with Gasteiger partial charge in [0.15, 0.2) is 6.29 Å². The second-order valence-corrected chi connectivity index (χ2v) is 14.3. The van der Waals surface area contributed by atoms with Crippen LogP contribution in [0.3, 0.4) is 0 Å². The highest BCUT2D eigenvalue weighted by molar-refractivity contribution is 5.99. The molecular weight excluding hydrogens is 695 g/mol. The Labute approximate surface area is 320 Å². The minimum atomic E-state index is -0.633. The molecule has 3 saturated heterocycles. The molecule has 55 heavy (non-hydrogen) atoms. The fourth-order valence-electron chi connectivity index (χ4n) is 7.71. The Morgan fingerprint density at radius 2 is 1.36 bits per heavy atom. The number of hydrogen-bond donors (Lipinski definition) is 4. The lowest BCUT2D eigenvalue weighted by atomic mass is 9.85. The van der Waals surface area contributed by atoms with Gasteiger partial charge in [-0.05, 0) is 84.6 Å². The van der Waals surface area contributed by atoms with Crippen molar-refractivity contribution in [2.75, 3.05) is 41.8 Å². The molecule has 0 aromatic heterocycles. The third-order valence-electron chi connectivity index (χ3n) is 10.7. The molecule has 3 heterocycles. The van der Waals surface area contributed by atoms with Crippen LogP contribution in [0.5, 0.6) is 11.5 Å². The first-order valence-electron chi connectivity index (χ1n) is 18.8. The van der Waals surface area contributed by atoms with Crippen LogP contribution in [-0.2, 0) is 20.9 Å². The summed E-state index contributed by atoms with van der Waals surface area (Å²) in [6, 6.07) is 41.8. The maximum absolute atomic E-state index is 13.2. The van der Waals surface area contributed by atoms with E-state index in [2.05, 4.69) is 37.9 Å². The van der Waals surface area contributed by atoms with Crippen molar-refractivity contribution >= 4 is 29.0 Å². The molecule has 5 aromatic rings. The van der Waals surface area contributed by atoms with Gasteiger partial charge in [0, 0.05) is 48.7 Å². The molecule has 3 amide bonds. The highest BCUT2D eigenvalue weighted by Gasteiger charge is 2.50. The molecule has 3 aliphatic heterocycles. The lowest BCUT2D eigenvalue weighted by molar-refractivity contribution is -0.253. The van der Waals surface area contributed by atoms with E-state index in [4.69, 9.17) is 14.2 Å². The van der Waals surface area contributed by atoms with Crippen LogP contribution in [-0.4, -0.2) is 59.9 Å². The minimum absolute atomic E-state index is 0.0231. The molecule has 0 bridgehead atoms. The molecule has 0 unspecified atom stereocenters. The number of hydrogen-bond acceptors (Lipinski definition) is 8. The molecule has 1 spiro atoms. The summed E-state index contributed by atoms with van der Waals surface area (Å²) < 4.78 is 19.1. The van der Waals surface area contributed by atoms with Gasteiger partial charge in [-0.15, -0.1) is 0 Å². The van der Waals surface area contributed by atoms with Gasteiger partial charge < -0.3 is 45.1 Å². The van der Waals surface area contributed by atoms with Gasteiger partial charge in [0.1, 0.15) is 17.0 Å². The second-order valence-electron chi connectivity index (χ2n) is 14.3. The Bertz CT molecular complexity index is 2040. The summed E-state index contributed by atoms with van der Waals surface area (Å²) in [4.78, 5) is 30.7. The molecule has 11 nitrogen and oxygen atoms in total. The van der Waals surface area contributed by atoms with E-state index in [1.165, 1.54) is 0 Å². The number of urea groups is 1. The Hall–Kier alpha value is -5.72. The van der Waals surface area contributed by atoms with E-state index >= 15 is 0 Å². The summed E-state index contributed by atoms with van der Waals surface area (Å²) in [6.45, 7) is 2.73. The maximum Gasteiger partial charge on any atom is 0.323 e. The third-order valence-corrected chi connectivity index (χ3v) is 10.7. The largest absolute Gasteiger partial charge is 0.457 e. The number of aliphatic hydroxyl groups is 1. The molecule has 3 fully saturated rings. The number of ether oxygens (including phenoxy) is 3. The first-order valence-corrected chi connectivity index (χ1v) is 18.8. The molecule has 4 N–H and O–H groups in total. The van der Waals surface area contributed by atoms with Crippen molar-refractivity contribution < 1.29 is 28.9 Å². The van der Waals surface area contributed by atoms with Gasteiger partial charge in [0.2, 0.25) is 5.91 Å². The fraction of sp³-hybridized carbons (Fsp3) is 0.273. The van der Waals surface area contributed by atoms with Crippen LogP contribution in [0.4, 0.5) is 21.9 Å². The average molecular weight is 740 g/mol. The zero-order chi connectivity index (χ0) is 37.6. The number of amides is 3. The molecule has 3 aliphatic rings. The van der Waals surface area contributed by atoms with Crippen molar-refractivity contribution in [1.29, 1.82) is 0 Å². The van der Waals surface area contributed by atoms with Gasteiger partial charge in [-0.2, -0.15) is 0 Å². The van der Waals surface area contributed by atoms with E-state index in [0.29, 0.717) is 36.8 Å². The van der Waals surface area contributed by atoms with Crippen molar-refractivity contribution in [3.63, 3.8) is 0 Å². The van der Waals surface area contributed by atoms with Crippen LogP contribution in [0.1, 0.15) is 48.3 Å². The summed E-state index contributed by atoms with van der Waals surface area (Å²) in [6.07, 6.45) is 1.11. The van der Waals surface area contributed by atoms with Gasteiger partial charge in [-0.3, -0.25) is 4.79 Å². The number of carbonyl (C=O) groups excluding carboxylic acids is 2. The van der Waals surface area contributed by atoms with E-state index in [9.17, 15) is 14.7 Å². The minimum Gasteiger partial charge on any atom is -0.457 e. The van der Waals surface area contributed by atoms with E-state index in [-0.39, 0.29) is 30.8 Å². The Kier molecular flexibility index (Phi) is 10.8. The first-order chi connectivity index (χ1) is 26.9. The average Bonchev–Trinajstić information content (AvgIpc) is 3.54. The van der Waals surface area contributed by atoms with Crippen LogP contribution < -0.4 is 25.6 Å². The van der Waals surface area contributed by atoms with E-state index in [1.807, 2.05) is 97.1 Å². The highest BCUT2D eigenvalue weighted by Crippen LogP contribution is 2.40. The van der Waals surface area contributed by atoms with Crippen LogP contribution in [0.25, 0.3) is 0 Å². The van der Waals surface area contributed by atoms with Gasteiger partial charge in [-0.25, -0.2) is 4.79 Å². The second kappa shape index (κ2) is 16.3. The van der Waals surface area contributed by atoms with Crippen LogP contribution >= 0.6 is 0 Å². The number of rotatable bonds is 10. The molecule has 11 heteroatoms. The van der Waals surface area contributed by atoms with Gasteiger partial charge in [0.05, 0.1) is 25.5 Å². The number of nitrogens with one attached hydrogen (secondary N) is 3. The summed E-state index contributed by atoms with van der Waals surface area (Å²) in [5, 5.41) is 18.5.